The topological polar surface area (TPSA) is 96.4 Å². The van der Waals surface area contributed by atoms with Gasteiger partial charge in [0.1, 0.15) is 0 Å². The molecular weight excluding hydrogens is 292 g/mol. The molecule has 21 heavy (non-hydrogen) atoms. The summed E-state index contributed by atoms with van der Waals surface area (Å²) < 4.78 is 0. The summed E-state index contributed by atoms with van der Waals surface area (Å²) in [5, 5.41) is 19.9. The number of halogens is 1. The summed E-state index contributed by atoms with van der Waals surface area (Å²) in [4.78, 5) is 15.4. The van der Waals surface area contributed by atoms with E-state index in [1.807, 2.05) is 6.07 Å². The fraction of sp³-hybridized carbons (Fsp3) is 0.200. The minimum Gasteiger partial charge on any atom is -0.479 e. The molecule has 0 saturated carbocycles. The van der Waals surface area contributed by atoms with Crippen LogP contribution in [0, 0.1) is 0 Å². The summed E-state index contributed by atoms with van der Waals surface area (Å²) in [6, 6.07) is 6.95. The molecule has 1 unspecified atom stereocenters. The highest BCUT2D eigenvalue weighted by Crippen LogP contribution is 2.38. The standard InChI is InChI=1S/C15H13ClN2O3/c16-10-1-2-12(17)11(6-10)9-5-8-3-4-15(21,14(19)20)13(8)18-7-9/h1-2,5-7,21H,3-4,17H2,(H,19,20). The first-order valence-electron chi connectivity index (χ1n) is 6.42. The van der Waals surface area contributed by atoms with Crippen LogP contribution in [0.1, 0.15) is 17.7 Å². The number of carboxylic acid groups (broad SMARTS) is 1. The maximum atomic E-state index is 11.2. The van der Waals surface area contributed by atoms with Gasteiger partial charge in [-0.2, -0.15) is 0 Å². The molecule has 0 aliphatic heterocycles. The number of hydrogen-bond donors (Lipinski definition) is 3. The quantitative estimate of drug-likeness (QED) is 0.739. The number of carbonyl (C=O) groups is 1. The van der Waals surface area contributed by atoms with E-state index in [0.29, 0.717) is 17.1 Å². The van der Waals surface area contributed by atoms with Gasteiger partial charge in [0.15, 0.2) is 0 Å². The number of anilines is 1. The summed E-state index contributed by atoms with van der Waals surface area (Å²) in [5.41, 5.74) is 7.03. The zero-order chi connectivity index (χ0) is 15.2. The molecule has 1 atom stereocenters. The Bertz CT molecular complexity index is 748. The molecular formula is C15H13ClN2O3. The van der Waals surface area contributed by atoms with E-state index in [1.54, 1.807) is 18.2 Å². The number of aliphatic hydroxyl groups is 1. The number of hydrogen-bond acceptors (Lipinski definition) is 4. The van der Waals surface area contributed by atoms with Crippen LogP contribution in [0.25, 0.3) is 11.1 Å². The number of carboxylic acids is 1. The Morgan fingerprint density at radius 2 is 2.14 bits per heavy atom. The molecule has 6 heteroatoms. The molecule has 108 valence electrons. The predicted molar refractivity (Wildman–Crippen MR) is 78.9 cm³/mol. The summed E-state index contributed by atoms with van der Waals surface area (Å²) in [5.74, 6) is -1.27. The van der Waals surface area contributed by atoms with Crippen molar-refractivity contribution >= 4 is 23.3 Å². The van der Waals surface area contributed by atoms with E-state index < -0.39 is 11.6 Å². The zero-order valence-electron chi connectivity index (χ0n) is 11.0. The molecule has 0 amide bonds. The maximum Gasteiger partial charge on any atom is 0.342 e. The lowest BCUT2D eigenvalue weighted by molar-refractivity contribution is -0.159. The van der Waals surface area contributed by atoms with Crippen molar-refractivity contribution in [1.82, 2.24) is 4.98 Å². The molecule has 1 aliphatic carbocycles. The third kappa shape index (κ3) is 2.14. The Morgan fingerprint density at radius 1 is 1.38 bits per heavy atom. The van der Waals surface area contributed by atoms with Gasteiger partial charge in [0.2, 0.25) is 5.60 Å². The molecule has 5 nitrogen and oxygen atoms in total. The Labute approximate surface area is 126 Å². The van der Waals surface area contributed by atoms with E-state index in [-0.39, 0.29) is 12.1 Å². The molecule has 0 fully saturated rings. The summed E-state index contributed by atoms with van der Waals surface area (Å²) in [6.45, 7) is 0. The van der Waals surface area contributed by atoms with Crippen LogP contribution in [-0.2, 0) is 16.8 Å². The molecule has 2 aromatic rings. The number of pyridine rings is 1. The average molecular weight is 305 g/mol. The van der Waals surface area contributed by atoms with Gasteiger partial charge in [-0.05, 0) is 42.7 Å². The Balaban J connectivity index is 2.10. The van der Waals surface area contributed by atoms with Crippen LogP contribution in [0.2, 0.25) is 5.02 Å². The first-order valence-corrected chi connectivity index (χ1v) is 6.80. The lowest BCUT2D eigenvalue weighted by Crippen LogP contribution is -2.33. The van der Waals surface area contributed by atoms with Crippen LogP contribution in [0.15, 0.2) is 30.5 Å². The van der Waals surface area contributed by atoms with Gasteiger partial charge in [0.25, 0.3) is 0 Å². The SMILES string of the molecule is Nc1ccc(Cl)cc1-c1cnc2c(c1)CCC2(O)C(=O)O. The number of rotatable bonds is 2. The maximum absolute atomic E-state index is 11.2. The van der Waals surface area contributed by atoms with Crippen LogP contribution in [0.4, 0.5) is 5.69 Å². The third-order valence-corrected chi connectivity index (χ3v) is 4.03. The van der Waals surface area contributed by atoms with Crippen molar-refractivity contribution in [2.24, 2.45) is 0 Å². The molecule has 4 N–H and O–H groups in total. The molecule has 1 heterocycles. The van der Waals surface area contributed by atoms with Gasteiger partial charge in [0.05, 0.1) is 5.69 Å². The van der Waals surface area contributed by atoms with Gasteiger partial charge in [-0.3, -0.25) is 4.98 Å². The number of fused-ring (bicyclic) bond motifs is 1. The monoisotopic (exact) mass is 304 g/mol. The Morgan fingerprint density at radius 3 is 2.86 bits per heavy atom. The van der Waals surface area contributed by atoms with E-state index in [4.69, 9.17) is 22.4 Å². The van der Waals surface area contributed by atoms with Crippen molar-refractivity contribution in [2.45, 2.75) is 18.4 Å². The van der Waals surface area contributed by atoms with Crippen LogP contribution >= 0.6 is 11.6 Å². The van der Waals surface area contributed by atoms with Crippen molar-refractivity contribution in [1.29, 1.82) is 0 Å². The van der Waals surface area contributed by atoms with Gasteiger partial charge in [-0.25, -0.2) is 4.79 Å². The van der Waals surface area contributed by atoms with Crippen LogP contribution in [0.5, 0.6) is 0 Å². The minimum atomic E-state index is -1.90. The fourth-order valence-electron chi connectivity index (χ4n) is 2.64. The highest BCUT2D eigenvalue weighted by Gasteiger charge is 2.45. The zero-order valence-corrected chi connectivity index (χ0v) is 11.8. The summed E-state index contributed by atoms with van der Waals surface area (Å²) in [7, 11) is 0. The molecule has 0 spiro atoms. The molecule has 0 bridgehead atoms. The summed E-state index contributed by atoms with van der Waals surface area (Å²) in [6.07, 6.45) is 2.10. The van der Waals surface area contributed by atoms with Gasteiger partial charge in [-0.1, -0.05) is 11.6 Å². The minimum absolute atomic E-state index is 0.124. The van der Waals surface area contributed by atoms with Gasteiger partial charge in [-0.15, -0.1) is 0 Å². The van der Waals surface area contributed by atoms with E-state index in [0.717, 1.165) is 16.7 Å². The molecule has 1 aromatic carbocycles. The second-order valence-electron chi connectivity index (χ2n) is 5.13. The van der Waals surface area contributed by atoms with E-state index >= 15 is 0 Å². The van der Waals surface area contributed by atoms with Gasteiger partial charge in [0, 0.05) is 28.0 Å². The number of nitrogen functional groups attached to an aromatic ring is 1. The highest BCUT2D eigenvalue weighted by molar-refractivity contribution is 6.31. The van der Waals surface area contributed by atoms with Crippen molar-refractivity contribution in [2.75, 3.05) is 5.73 Å². The number of aliphatic carboxylic acids is 1. The van der Waals surface area contributed by atoms with E-state index in [2.05, 4.69) is 4.98 Å². The number of benzene rings is 1. The van der Waals surface area contributed by atoms with Crippen LogP contribution in [-0.4, -0.2) is 21.2 Å². The first-order chi connectivity index (χ1) is 9.91. The lowest BCUT2D eigenvalue weighted by atomic mass is 10.00. The number of aryl methyl sites for hydroxylation is 1. The smallest absolute Gasteiger partial charge is 0.342 e. The Kier molecular flexibility index (Phi) is 3.11. The lowest BCUT2D eigenvalue weighted by Gasteiger charge is -2.17. The van der Waals surface area contributed by atoms with Gasteiger partial charge >= 0.3 is 5.97 Å². The van der Waals surface area contributed by atoms with Crippen molar-refractivity contribution < 1.29 is 15.0 Å². The van der Waals surface area contributed by atoms with E-state index in [9.17, 15) is 9.90 Å². The number of nitrogens with two attached hydrogens (primary N) is 1. The van der Waals surface area contributed by atoms with Crippen molar-refractivity contribution in [3.8, 4) is 11.1 Å². The number of aromatic nitrogens is 1. The highest BCUT2D eigenvalue weighted by atomic mass is 35.5. The normalized spacial score (nSPS) is 20.3. The molecule has 3 rings (SSSR count). The van der Waals surface area contributed by atoms with Crippen molar-refractivity contribution in [3.05, 3.63) is 46.7 Å². The van der Waals surface area contributed by atoms with Gasteiger partial charge < -0.3 is 15.9 Å². The largest absolute Gasteiger partial charge is 0.479 e. The molecule has 1 aliphatic rings. The van der Waals surface area contributed by atoms with E-state index in [1.165, 1.54) is 6.20 Å². The second kappa shape index (κ2) is 4.72. The molecule has 0 radical (unpaired) electrons. The van der Waals surface area contributed by atoms with Crippen LogP contribution in [0.3, 0.4) is 0 Å². The second-order valence-corrected chi connectivity index (χ2v) is 5.57. The summed E-state index contributed by atoms with van der Waals surface area (Å²) >= 11 is 5.98. The number of nitrogens with zero attached hydrogens (tertiary/aromatic N) is 1. The first kappa shape index (κ1) is 13.9. The molecule has 1 aromatic heterocycles. The van der Waals surface area contributed by atoms with Crippen LogP contribution < -0.4 is 5.73 Å². The molecule has 0 saturated heterocycles. The van der Waals surface area contributed by atoms with Crippen molar-refractivity contribution in [3.63, 3.8) is 0 Å². The average Bonchev–Trinajstić information content (AvgIpc) is 2.80. The predicted octanol–water partition coefficient (Wildman–Crippen LogP) is 2.20. The fourth-order valence-corrected chi connectivity index (χ4v) is 2.81. The Hall–Kier alpha value is -2.11. The third-order valence-electron chi connectivity index (χ3n) is 3.79.